The lowest BCUT2D eigenvalue weighted by Crippen LogP contribution is -2.37. The molecule has 0 aliphatic rings. The molecule has 1 heterocycles. The summed E-state index contributed by atoms with van der Waals surface area (Å²) in [5.41, 5.74) is -0.0104. The monoisotopic (exact) mass is 282 g/mol. The van der Waals surface area contributed by atoms with Crippen LogP contribution in [0.4, 0.5) is 17.5 Å². The van der Waals surface area contributed by atoms with Crippen LogP contribution < -0.4 is 10.6 Å². The fourth-order valence-corrected chi connectivity index (χ4v) is 1.65. The van der Waals surface area contributed by atoms with E-state index >= 15 is 0 Å². The van der Waals surface area contributed by atoms with Gasteiger partial charge in [-0.15, -0.1) is 0 Å². The number of carbonyl (C=O) groups is 1. The van der Waals surface area contributed by atoms with Crippen LogP contribution >= 0.6 is 0 Å². The number of aryl methyl sites for hydroxylation is 1. The number of carbonyl (C=O) groups excluding carboxylic acids is 1. The summed E-state index contributed by atoms with van der Waals surface area (Å²) in [6.45, 7) is 3.13. The van der Waals surface area contributed by atoms with Crippen molar-refractivity contribution in [2.75, 3.05) is 31.8 Å². The number of hydrogen-bond donors (Lipinski definition) is 2. The number of nitrogens with one attached hydrogen (secondary N) is 2. The molecule has 1 unspecified atom stereocenters. The van der Waals surface area contributed by atoms with Crippen molar-refractivity contribution in [3.63, 3.8) is 0 Å². The topological polar surface area (TPSA) is 113 Å². The average Bonchev–Trinajstić information content (AvgIpc) is 2.36. The highest BCUT2D eigenvalue weighted by molar-refractivity contribution is 5.84. The molecule has 1 aromatic heterocycles. The molecular weight excluding hydrogens is 264 g/mol. The molecular formula is C11H18N6O3. The molecule has 1 aromatic rings. The Bertz CT molecular complexity index is 531. The van der Waals surface area contributed by atoms with Crippen LogP contribution in [0.15, 0.2) is 0 Å². The normalized spacial score (nSPS) is 11.7. The summed E-state index contributed by atoms with van der Waals surface area (Å²) in [6, 6.07) is -0.636. The molecule has 1 atom stereocenters. The van der Waals surface area contributed by atoms with Crippen LogP contribution in [0.3, 0.4) is 0 Å². The molecule has 110 valence electrons. The lowest BCUT2D eigenvalue weighted by atomic mass is 10.2. The number of amides is 1. The minimum Gasteiger partial charge on any atom is -0.357 e. The molecule has 1 amide bonds. The Morgan fingerprint density at radius 3 is 2.45 bits per heavy atom. The third kappa shape index (κ3) is 3.31. The Hall–Kier alpha value is -2.45. The average molecular weight is 282 g/mol. The molecule has 0 fully saturated rings. The zero-order chi connectivity index (χ0) is 15.4. The highest BCUT2D eigenvalue weighted by Gasteiger charge is 2.25. The van der Waals surface area contributed by atoms with Crippen molar-refractivity contribution >= 4 is 23.4 Å². The van der Waals surface area contributed by atoms with Gasteiger partial charge in [-0.3, -0.25) is 14.9 Å². The first-order chi connectivity index (χ1) is 9.27. The Balaban J connectivity index is 3.18. The molecule has 2 N–H and O–H groups in total. The molecule has 0 saturated heterocycles. The molecule has 0 bridgehead atoms. The van der Waals surface area contributed by atoms with Crippen molar-refractivity contribution in [1.82, 2.24) is 14.9 Å². The summed E-state index contributed by atoms with van der Waals surface area (Å²) in [5.74, 6) is 0.0659. The summed E-state index contributed by atoms with van der Waals surface area (Å²) in [7, 11) is 4.83. The highest BCUT2D eigenvalue weighted by Crippen LogP contribution is 2.27. The minimum absolute atomic E-state index is 0.0227. The predicted octanol–water partition coefficient (Wildman–Crippen LogP) is 0.624. The van der Waals surface area contributed by atoms with Gasteiger partial charge in [0.2, 0.25) is 17.7 Å². The quantitative estimate of drug-likeness (QED) is 0.601. The third-order valence-electron chi connectivity index (χ3n) is 2.63. The van der Waals surface area contributed by atoms with Crippen LogP contribution in [0.1, 0.15) is 12.6 Å². The van der Waals surface area contributed by atoms with E-state index in [0.717, 1.165) is 0 Å². The Morgan fingerprint density at radius 1 is 1.40 bits per heavy atom. The molecule has 0 radical (unpaired) electrons. The predicted molar refractivity (Wildman–Crippen MR) is 74.7 cm³/mol. The van der Waals surface area contributed by atoms with Crippen LogP contribution in [-0.4, -0.2) is 52.9 Å². The van der Waals surface area contributed by atoms with Crippen molar-refractivity contribution in [3.05, 3.63) is 15.8 Å². The highest BCUT2D eigenvalue weighted by atomic mass is 16.6. The number of nitrogens with zero attached hydrogens (tertiary/aromatic N) is 4. The van der Waals surface area contributed by atoms with Gasteiger partial charge in [0.25, 0.3) is 0 Å². The van der Waals surface area contributed by atoms with Gasteiger partial charge >= 0.3 is 5.69 Å². The van der Waals surface area contributed by atoms with E-state index in [2.05, 4.69) is 20.6 Å². The SMILES string of the molecule is CNc1nc(C)c([N+](=O)[O-])c(NC(C)C(=O)N(C)C)n1. The van der Waals surface area contributed by atoms with Gasteiger partial charge in [-0.25, -0.2) is 4.98 Å². The van der Waals surface area contributed by atoms with Crippen LogP contribution in [-0.2, 0) is 4.79 Å². The molecule has 0 aromatic carbocycles. The zero-order valence-corrected chi connectivity index (χ0v) is 12.1. The van der Waals surface area contributed by atoms with Crippen LogP contribution in [0.25, 0.3) is 0 Å². The van der Waals surface area contributed by atoms with E-state index < -0.39 is 11.0 Å². The molecule has 20 heavy (non-hydrogen) atoms. The summed E-state index contributed by atoms with van der Waals surface area (Å²) in [5, 5.41) is 16.6. The van der Waals surface area contributed by atoms with Gasteiger partial charge in [0.1, 0.15) is 11.7 Å². The van der Waals surface area contributed by atoms with Gasteiger partial charge in [-0.05, 0) is 13.8 Å². The second kappa shape index (κ2) is 6.13. The summed E-state index contributed by atoms with van der Waals surface area (Å²) in [6.07, 6.45) is 0. The van der Waals surface area contributed by atoms with Gasteiger partial charge in [0.15, 0.2) is 0 Å². The number of nitro groups is 1. The first-order valence-electron chi connectivity index (χ1n) is 5.96. The minimum atomic E-state index is -0.636. The van der Waals surface area contributed by atoms with E-state index in [1.807, 2.05) is 0 Å². The van der Waals surface area contributed by atoms with Crippen LogP contribution in [0.5, 0.6) is 0 Å². The molecule has 1 rings (SSSR count). The fourth-order valence-electron chi connectivity index (χ4n) is 1.65. The number of rotatable bonds is 5. The van der Waals surface area contributed by atoms with E-state index in [1.54, 1.807) is 28.1 Å². The molecule has 9 nitrogen and oxygen atoms in total. The number of hydrogen-bond acceptors (Lipinski definition) is 7. The summed E-state index contributed by atoms with van der Waals surface area (Å²) < 4.78 is 0. The molecule has 9 heteroatoms. The molecule has 0 aliphatic heterocycles. The second-order valence-electron chi connectivity index (χ2n) is 4.44. The second-order valence-corrected chi connectivity index (χ2v) is 4.44. The number of likely N-dealkylation sites (N-methyl/N-ethyl adjacent to an activating group) is 1. The maximum atomic E-state index is 11.8. The fraction of sp³-hybridized carbons (Fsp3) is 0.545. The Labute approximate surface area is 116 Å². The van der Waals surface area contributed by atoms with Gasteiger partial charge in [0.05, 0.1) is 4.92 Å². The van der Waals surface area contributed by atoms with Gasteiger partial charge in [0, 0.05) is 21.1 Å². The van der Waals surface area contributed by atoms with Gasteiger partial charge in [-0.1, -0.05) is 0 Å². The van der Waals surface area contributed by atoms with Gasteiger partial charge in [-0.2, -0.15) is 4.98 Å². The maximum Gasteiger partial charge on any atom is 0.332 e. The zero-order valence-electron chi connectivity index (χ0n) is 12.1. The van der Waals surface area contributed by atoms with E-state index in [9.17, 15) is 14.9 Å². The lowest BCUT2D eigenvalue weighted by molar-refractivity contribution is -0.385. The van der Waals surface area contributed by atoms with Crippen molar-refractivity contribution < 1.29 is 9.72 Å². The number of anilines is 2. The molecule has 0 saturated carbocycles. The smallest absolute Gasteiger partial charge is 0.332 e. The molecule has 0 aliphatic carbocycles. The first kappa shape index (κ1) is 15.6. The summed E-state index contributed by atoms with van der Waals surface area (Å²) in [4.78, 5) is 31.7. The maximum absolute atomic E-state index is 11.8. The largest absolute Gasteiger partial charge is 0.357 e. The van der Waals surface area contributed by atoms with E-state index in [-0.39, 0.29) is 29.1 Å². The first-order valence-corrected chi connectivity index (χ1v) is 5.96. The van der Waals surface area contributed by atoms with Crippen molar-refractivity contribution in [3.8, 4) is 0 Å². The van der Waals surface area contributed by atoms with E-state index in [0.29, 0.717) is 0 Å². The van der Waals surface area contributed by atoms with E-state index in [1.165, 1.54) is 11.8 Å². The van der Waals surface area contributed by atoms with Gasteiger partial charge < -0.3 is 15.5 Å². The lowest BCUT2D eigenvalue weighted by Gasteiger charge is -2.18. The third-order valence-corrected chi connectivity index (χ3v) is 2.63. The molecule has 0 spiro atoms. The number of aromatic nitrogens is 2. The standard InChI is InChI=1S/C11H18N6O3/c1-6-8(17(19)20)9(15-11(12-3)14-6)13-7(2)10(18)16(4)5/h7H,1-5H3,(H2,12,13,14,15). The Morgan fingerprint density at radius 2 is 2.00 bits per heavy atom. The van der Waals surface area contributed by atoms with Crippen molar-refractivity contribution in [2.45, 2.75) is 19.9 Å². The van der Waals surface area contributed by atoms with E-state index in [4.69, 9.17) is 0 Å². The van der Waals surface area contributed by atoms with Crippen molar-refractivity contribution in [1.29, 1.82) is 0 Å². The summed E-state index contributed by atoms with van der Waals surface area (Å²) >= 11 is 0. The van der Waals surface area contributed by atoms with Crippen molar-refractivity contribution in [2.24, 2.45) is 0 Å². The van der Waals surface area contributed by atoms with Crippen LogP contribution in [0.2, 0.25) is 0 Å². The Kier molecular flexibility index (Phi) is 4.78. The van der Waals surface area contributed by atoms with Crippen LogP contribution in [0, 0.1) is 17.0 Å².